The Bertz CT molecular complexity index is 551. The van der Waals surface area contributed by atoms with E-state index in [1.807, 2.05) is 6.07 Å². The van der Waals surface area contributed by atoms with Crippen molar-refractivity contribution in [2.24, 2.45) is 5.92 Å². The van der Waals surface area contributed by atoms with Gasteiger partial charge in [0.05, 0.1) is 4.92 Å². The van der Waals surface area contributed by atoms with Crippen molar-refractivity contribution in [3.8, 4) is 6.07 Å². The molecule has 0 bridgehead atoms. The first kappa shape index (κ1) is 15.3. The Hall–Kier alpha value is -2.09. The molecule has 1 unspecified atom stereocenters. The molecule has 0 N–H and O–H groups in total. The molecule has 0 radical (unpaired) electrons. The lowest BCUT2D eigenvalue weighted by Gasteiger charge is -2.23. The summed E-state index contributed by atoms with van der Waals surface area (Å²) in [7, 11) is 0. The minimum Gasteiger partial charge on any atom is -0.371 e. The van der Waals surface area contributed by atoms with Gasteiger partial charge in [-0.25, -0.2) is 0 Å². The smallest absolute Gasteiger partial charge is 0.287 e. The number of hydrogen-bond donors (Lipinski definition) is 0. The van der Waals surface area contributed by atoms with Gasteiger partial charge in [0.2, 0.25) is 0 Å². The minimum atomic E-state index is -0.498. The van der Waals surface area contributed by atoms with Crippen LogP contribution < -0.4 is 4.90 Å². The summed E-state index contributed by atoms with van der Waals surface area (Å²) in [6.07, 6.45) is 6.05. The third-order valence-electron chi connectivity index (χ3n) is 4.21. The minimum absolute atomic E-state index is 0.111. The molecule has 1 aromatic rings. The monoisotopic (exact) mass is 287 g/mol. The van der Waals surface area contributed by atoms with Gasteiger partial charge in [-0.05, 0) is 37.3 Å². The lowest BCUT2D eigenvalue weighted by molar-refractivity contribution is -0.385. The van der Waals surface area contributed by atoms with E-state index in [-0.39, 0.29) is 11.3 Å². The predicted molar refractivity (Wildman–Crippen MR) is 82.3 cm³/mol. The maximum Gasteiger partial charge on any atom is 0.287 e. The summed E-state index contributed by atoms with van der Waals surface area (Å²) in [5, 5.41) is 20.0. The molecule has 112 valence electrons. The average molecular weight is 287 g/mol. The fourth-order valence-corrected chi connectivity index (χ4v) is 3.09. The number of benzene rings is 1. The summed E-state index contributed by atoms with van der Waals surface area (Å²) in [6.45, 7) is 4.15. The summed E-state index contributed by atoms with van der Waals surface area (Å²) in [4.78, 5) is 12.6. The summed E-state index contributed by atoms with van der Waals surface area (Å²) >= 11 is 0. The molecule has 0 saturated carbocycles. The lowest BCUT2D eigenvalue weighted by Crippen LogP contribution is -2.24. The summed E-state index contributed by atoms with van der Waals surface area (Å²) in [6, 6.07) is 6.79. The van der Waals surface area contributed by atoms with E-state index in [0.29, 0.717) is 0 Å². The lowest BCUT2D eigenvalue weighted by atomic mass is 9.96. The van der Waals surface area contributed by atoms with Crippen molar-refractivity contribution < 1.29 is 4.92 Å². The SMILES string of the molecule is CCCC1CCCN(c2ccc([N+](=O)[O-])c(C#N)c2)CC1. The fourth-order valence-electron chi connectivity index (χ4n) is 3.09. The van der Waals surface area contributed by atoms with E-state index in [4.69, 9.17) is 5.26 Å². The van der Waals surface area contributed by atoms with E-state index in [2.05, 4.69) is 11.8 Å². The molecule has 0 amide bonds. The zero-order chi connectivity index (χ0) is 15.2. The zero-order valence-electron chi connectivity index (χ0n) is 12.4. The molecule has 5 heteroatoms. The van der Waals surface area contributed by atoms with Crippen LogP contribution in [-0.4, -0.2) is 18.0 Å². The second kappa shape index (κ2) is 7.07. The van der Waals surface area contributed by atoms with Gasteiger partial charge in [0.15, 0.2) is 0 Å². The van der Waals surface area contributed by atoms with Gasteiger partial charge in [0.25, 0.3) is 5.69 Å². The molecular formula is C16H21N3O2. The second-order valence-corrected chi connectivity index (χ2v) is 5.64. The molecule has 1 heterocycles. The van der Waals surface area contributed by atoms with Crippen LogP contribution in [-0.2, 0) is 0 Å². The quantitative estimate of drug-likeness (QED) is 0.622. The van der Waals surface area contributed by atoms with Crippen LogP contribution in [0.5, 0.6) is 0 Å². The Morgan fingerprint density at radius 2 is 2.24 bits per heavy atom. The van der Waals surface area contributed by atoms with Gasteiger partial charge in [-0.15, -0.1) is 0 Å². The van der Waals surface area contributed by atoms with Crippen molar-refractivity contribution in [1.82, 2.24) is 0 Å². The summed E-state index contributed by atoms with van der Waals surface area (Å²) in [5.74, 6) is 0.786. The highest BCUT2D eigenvalue weighted by Crippen LogP contribution is 2.28. The van der Waals surface area contributed by atoms with Crippen LogP contribution in [0.15, 0.2) is 18.2 Å². The maximum absolute atomic E-state index is 10.9. The van der Waals surface area contributed by atoms with Gasteiger partial charge in [-0.1, -0.05) is 19.8 Å². The number of anilines is 1. The largest absolute Gasteiger partial charge is 0.371 e. The molecule has 2 rings (SSSR count). The van der Waals surface area contributed by atoms with E-state index in [1.54, 1.807) is 12.1 Å². The van der Waals surface area contributed by atoms with Crippen LogP contribution in [0.2, 0.25) is 0 Å². The van der Waals surface area contributed by atoms with Crippen LogP contribution in [0.25, 0.3) is 0 Å². The van der Waals surface area contributed by atoms with Gasteiger partial charge in [-0.3, -0.25) is 10.1 Å². The third-order valence-corrected chi connectivity index (χ3v) is 4.21. The van der Waals surface area contributed by atoms with Crippen molar-refractivity contribution in [3.05, 3.63) is 33.9 Å². The van der Waals surface area contributed by atoms with Crippen molar-refractivity contribution in [1.29, 1.82) is 5.26 Å². The Kier molecular flexibility index (Phi) is 5.15. The first-order valence-corrected chi connectivity index (χ1v) is 7.59. The normalized spacial score (nSPS) is 18.9. The number of nitro benzene ring substituents is 1. The molecule has 1 atom stereocenters. The van der Waals surface area contributed by atoms with Crippen LogP contribution in [0, 0.1) is 27.4 Å². The standard InChI is InChI=1S/C16H21N3O2/c1-2-4-13-5-3-9-18(10-8-13)15-6-7-16(19(20)21)14(11-15)12-17/h6-7,11,13H,2-5,8-10H2,1H3. The van der Waals surface area contributed by atoms with E-state index in [9.17, 15) is 10.1 Å². The van der Waals surface area contributed by atoms with Crippen molar-refractivity contribution in [2.75, 3.05) is 18.0 Å². The Balaban J connectivity index is 2.15. The molecule has 0 spiro atoms. The van der Waals surface area contributed by atoms with Crippen LogP contribution in [0.3, 0.4) is 0 Å². The molecule has 1 saturated heterocycles. The average Bonchev–Trinajstić information content (AvgIpc) is 2.72. The van der Waals surface area contributed by atoms with Crippen LogP contribution in [0.1, 0.15) is 44.6 Å². The summed E-state index contributed by atoms with van der Waals surface area (Å²) < 4.78 is 0. The van der Waals surface area contributed by atoms with E-state index < -0.39 is 4.92 Å². The molecule has 1 aliphatic heterocycles. The molecule has 5 nitrogen and oxygen atoms in total. The highest BCUT2D eigenvalue weighted by Gasteiger charge is 2.19. The van der Waals surface area contributed by atoms with Crippen molar-refractivity contribution in [2.45, 2.75) is 39.0 Å². The van der Waals surface area contributed by atoms with Gasteiger partial charge in [-0.2, -0.15) is 5.26 Å². The third kappa shape index (κ3) is 3.72. The van der Waals surface area contributed by atoms with Gasteiger partial charge in [0, 0.05) is 24.8 Å². The van der Waals surface area contributed by atoms with Gasteiger partial charge < -0.3 is 4.90 Å². The zero-order valence-corrected chi connectivity index (χ0v) is 12.4. The molecule has 1 fully saturated rings. The number of hydrogen-bond acceptors (Lipinski definition) is 4. The van der Waals surface area contributed by atoms with Crippen molar-refractivity contribution in [3.63, 3.8) is 0 Å². The first-order chi connectivity index (χ1) is 10.2. The fraction of sp³-hybridized carbons (Fsp3) is 0.562. The first-order valence-electron chi connectivity index (χ1n) is 7.59. The molecule has 0 aromatic heterocycles. The van der Waals surface area contributed by atoms with E-state index >= 15 is 0 Å². The number of nitrogens with zero attached hydrogens (tertiary/aromatic N) is 3. The maximum atomic E-state index is 10.9. The topological polar surface area (TPSA) is 70.2 Å². The summed E-state index contributed by atoms with van der Waals surface area (Å²) in [5.41, 5.74) is 0.959. The molecule has 21 heavy (non-hydrogen) atoms. The molecule has 1 aromatic carbocycles. The molecular weight excluding hydrogens is 266 g/mol. The highest BCUT2D eigenvalue weighted by molar-refractivity contribution is 5.59. The predicted octanol–water partition coefficient (Wildman–Crippen LogP) is 3.87. The van der Waals surface area contributed by atoms with E-state index in [0.717, 1.165) is 37.5 Å². The molecule has 1 aliphatic rings. The number of nitriles is 1. The highest BCUT2D eigenvalue weighted by atomic mass is 16.6. The van der Waals surface area contributed by atoms with E-state index in [1.165, 1.54) is 25.3 Å². The Labute approximate surface area is 125 Å². The number of rotatable bonds is 4. The van der Waals surface area contributed by atoms with Crippen LogP contribution in [0.4, 0.5) is 11.4 Å². The van der Waals surface area contributed by atoms with Gasteiger partial charge in [0.1, 0.15) is 11.6 Å². The van der Waals surface area contributed by atoms with Crippen molar-refractivity contribution >= 4 is 11.4 Å². The van der Waals surface area contributed by atoms with Gasteiger partial charge >= 0.3 is 0 Å². The number of nitro groups is 1. The Morgan fingerprint density at radius 1 is 1.43 bits per heavy atom. The second-order valence-electron chi connectivity index (χ2n) is 5.64. The molecule has 0 aliphatic carbocycles. The van der Waals surface area contributed by atoms with Crippen LogP contribution >= 0.6 is 0 Å². The Morgan fingerprint density at radius 3 is 2.90 bits per heavy atom.